The van der Waals surface area contributed by atoms with Crippen LogP contribution < -0.4 is 20.7 Å². The summed E-state index contributed by atoms with van der Waals surface area (Å²) in [7, 11) is 3.87. The highest BCUT2D eigenvalue weighted by Crippen LogP contribution is 2.29. The number of anilines is 4. The van der Waals surface area contributed by atoms with E-state index in [-0.39, 0.29) is 11.7 Å². The second-order valence-corrected chi connectivity index (χ2v) is 7.65. The zero-order valence-corrected chi connectivity index (χ0v) is 18.9. The molecular weight excluding hydrogens is 449 g/mol. The number of rotatable bonds is 9. The summed E-state index contributed by atoms with van der Waals surface area (Å²) in [5.41, 5.74) is 2.19. The maximum atomic E-state index is 12.7. The van der Waals surface area contributed by atoms with Gasteiger partial charge in [-0.25, -0.2) is 4.98 Å². The summed E-state index contributed by atoms with van der Waals surface area (Å²) < 4.78 is 42.0. The van der Waals surface area contributed by atoms with Gasteiger partial charge in [0.2, 0.25) is 11.9 Å². The van der Waals surface area contributed by atoms with E-state index in [1.807, 2.05) is 19.0 Å². The van der Waals surface area contributed by atoms with Gasteiger partial charge in [-0.2, -0.15) is 4.98 Å². The first-order chi connectivity index (χ1) is 16.1. The van der Waals surface area contributed by atoms with E-state index in [2.05, 4.69) is 30.7 Å². The van der Waals surface area contributed by atoms with Gasteiger partial charge in [-0.15, -0.1) is 13.2 Å². The fourth-order valence-electron chi connectivity index (χ4n) is 2.97. The molecule has 0 fully saturated rings. The Labute approximate surface area is 195 Å². The zero-order chi connectivity index (χ0) is 24.7. The molecule has 0 aliphatic rings. The standard InChI is InChI=1S/C23H25F3N6O2/c1-15(33)28-17-7-9-18(10-8-17)29-21-14-20(30-22(31-21)27-11-12-32(2)3)16-5-4-6-19(13-16)34-23(24,25)26/h4-10,13-14H,11-12H2,1-3H3,(H,28,33)(H2,27,29,30,31). The van der Waals surface area contributed by atoms with Gasteiger partial charge in [0, 0.05) is 43.0 Å². The van der Waals surface area contributed by atoms with Crippen molar-refractivity contribution < 1.29 is 22.7 Å². The van der Waals surface area contributed by atoms with E-state index in [1.165, 1.54) is 25.1 Å². The van der Waals surface area contributed by atoms with Gasteiger partial charge in [-0.05, 0) is 50.5 Å². The Hall–Kier alpha value is -3.86. The van der Waals surface area contributed by atoms with Crippen LogP contribution in [-0.4, -0.2) is 54.3 Å². The van der Waals surface area contributed by atoms with Crippen molar-refractivity contribution in [2.24, 2.45) is 0 Å². The molecule has 11 heteroatoms. The molecule has 0 unspecified atom stereocenters. The number of amides is 1. The van der Waals surface area contributed by atoms with E-state index < -0.39 is 6.36 Å². The summed E-state index contributed by atoms with van der Waals surface area (Å²) >= 11 is 0. The lowest BCUT2D eigenvalue weighted by Gasteiger charge is -2.14. The van der Waals surface area contributed by atoms with Crippen LogP contribution in [0, 0.1) is 0 Å². The first-order valence-corrected chi connectivity index (χ1v) is 10.4. The molecule has 0 radical (unpaired) electrons. The Kier molecular flexibility index (Phi) is 7.90. The summed E-state index contributed by atoms with van der Waals surface area (Å²) in [6.45, 7) is 2.72. The van der Waals surface area contributed by atoms with Gasteiger partial charge in [0.15, 0.2) is 0 Å². The summed E-state index contributed by atoms with van der Waals surface area (Å²) in [6, 6.07) is 14.2. The molecular formula is C23H25F3N6O2. The highest BCUT2D eigenvalue weighted by Gasteiger charge is 2.31. The number of carbonyl (C=O) groups is 1. The SMILES string of the molecule is CC(=O)Nc1ccc(Nc2cc(-c3cccc(OC(F)(F)F)c3)nc(NCCN(C)C)n2)cc1. The molecule has 8 nitrogen and oxygen atoms in total. The van der Waals surface area contributed by atoms with Crippen molar-refractivity contribution in [2.45, 2.75) is 13.3 Å². The molecule has 3 N–H and O–H groups in total. The van der Waals surface area contributed by atoms with Gasteiger partial charge in [0.05, 0.1) is 5.69 Å². The number of benzene rings is 2. The van der Waals surface area contributed by atoms with Crippen molar-refractivity contribution >= 4 is 29.0 Å². The number of hydrogen-bond donors (Lipinski definition) is 3. The van der Waals surface area contributed by atoms with Crippen LogP contribution in [0.4, 0.5) is 36.3 Å². The number of carbonyl (C=O) groups excluding carboxylic acids is 1. The molecule has 2 aromatic carbocycles. The number of hydrogen-bond acceptors (Lipinski definition) is 7. The number of nitrogens with zero attached hydrogens (tertiary/aromatic N) is 3. The van der Waals surface area contributed by atoms with E-state index in [4.69, 9.17) is 0 Å². The monoisotopic (exact) mass is 474 g/mol. The Bertz CT molecular complexity index is 1120. The highest BCUT2D eigenvalue weighted by atomic mass is 19.4. The fraction of sp³-hybridized carbons (Fsp3) is 0.261. The van der Waals surface area contributed by atoms with Gasteiger partial charge < -0.3 is 25.6 Å². The van der Waals surface area contributed by atoms with E-state index >= 15 is 0 Å². The van der Waals surface area contributed by atoms with Crippen LogP contribution in [-0.2, 0) is 4.79 Å². The van der Waals surface area contributed by atoms with Crippen LogP contribution in [0.5, 0.6) is 5.75 Å². The maximum absolute atomic E-state index is 12.7. The van der Waals surface area contributed by atoms with Crippen LogP contribution in [0.1, 0.15) is 6.92 Å². The summed E-state index contributed by atoms with van der Waals surface area (Å²) in [4.78, 5) is 22.1. The largest absolute Gasteiger partial charge is 0.573 e. The lowest BCUT2D eigenvalue weighted by molar-refractivity contribution is -0.274. The third-order valence-corrected chi connectivity index (χ3v) is 4.41. The Morgan fingerprint density at radius 1 is 1.03 bits per heavy atom. The second-order valence-electron chi connectivity index (χ2n) is 7.65. The number of alkyl halides is 3. The predicted octanol–water partition coefficient (Wildman–Crippen LogP) is 4.72. The van der Waals surface area contributed by atoms with E-state index in [1.54, 1.807) is 36.4 Å². The molecule has 1 heterocycles. The maximum Gasteiger partial charge on any atom is 0.573 e. The van der Waals surface area contributed by atoms with Crippen molar-refractivity contribution in [3.8, 4) is 17.0 Å². The molecule has 180 valence electrons. The number of halogens is 3. The Morgan fingerprint density at radius 2 is 1.74 bits per heavy atom. The average molecular weight is 474 g/mol. The zero-order valence-electron chi connectivity index (χ0n) is 18.9. The minimum absolute atomic E-state index is 0.175. The summed E-state index contributed by atoms with van der Waals surface area (Å²) in [5, 5.41) is 8.99. The molecule has 3 rings (SSSR count). The molecule has 0 aliphatic carbocycles. The minimum atomic E-state index is -4.79. The molecule has 3 aromatic rings. The topological polar surface area (TPSA) is 91.4 Å². The summed E-state index contributed by atoms with van der Waals surface area (Å²) in [5.74, 6) is 0.241. The van der Waals surface area contributed by atoms with Gasteiger partial charge in [0.25, 0.3) is 0 Å². The van der Waals surface area contributed by atoms with Gasteiger partial charge in [-0.3, -0.25) is 4.79 Å². The molecule has 0 spiro atoms. The molecule has 0 saturated heterocycles. The number of nitrogens with one attached hydrogen (secondary N) is 3. The third-order valence-electron chi connectivity index (χ3n) is 4.41. The van der Waals surface area contributed by atoms with Crippen LogP contribution in [0.15, 0.2) is 54.6 Å². The van der Waals surface area contributed by atoms with E-state index in [0.717, 1.165) is 6.54 Å². The molecule has 0 atom stereocenters. The molecule has 0 bridgehead atoms. The molecule has 34 heavy (non-hydrogen) atoms. The van der Waals surface area contributed by atoms with Gasteiger partial charge >= 0.3 is 6.36 Å². The average Bonchev–Trinajstić information content (AvgIpc) is 2.73. The van der Waals surface area contributed by atoms with Crippen LogP contribution in [0.3, 0.4) is 0 Å². The van der Waals surface area contributed by atoms with Gasteiger partial charge in [-0.1, -0.05) is 12.1 Å². The number of likely N-dealkylation sites (N-methyl/N-ethyl adjacent to an activating group) is 1. The summed E-state index contributed by atoms with van der Waals surface area (Å²) in [6.07, 6.45) is -4.79. The van der Waals surface area contributed by atoms with Crippen LogP contribution in [0.2, 0.25) is 0 Å². The smallest absolute Gasteiger partial charge is 0.406 e. The first-order valence-electron chi connectivity index (χ1n) is 10.4. The Balaban J connectivity index is 1.89. The second kappa shape index (κ2) is 10.8. The third kappa shape index (κ3) is 7.93. The van der Waals surface area contributed by atoms with Crippen molar-refractivity contribution in [1.29, 1.82) is 0 Å². The fourth-order valence-corrected chi connectivity index (χ4v) is 2.97. The molecule has 0 saturated carbocycles. The molecule has 1 aromatic heterocycles. The lowest BCUT2D eigenvalue weighted by Crippen LogP contribution is -2.21. The highest BCUT2D eigenvalue weighted by molar-refractivity contribution is 5.88. The quantitative estimate of drug-likeness (QED) is 0.413. The molecule has 0 aliphatic heterocycles. The van der Waals surface area contributed by atoms with Crippen molar-refractivity contribution in [3.63, 3.8) is 0 Å². The first kappa shape index (κ1) is 24.8. The van der Waals surface area contributed by atoms with E-state index in [0.29, 0.717) is 40.9 Å². The Morgan fingerprint density at radius 3 is 2.38 bits per heavy atom. The van der Waals surface area contributed by atoms with Crippen LogP contribution >= 0.6 is 0 Å². The number of aromatic nitrogens is 2. The molecule has 1 amide bonds. The number of ether oxygens (including phenoxy) is 1. The van der Waals surface area contributed by atoms with E-state index in [9.17, 15) is 18.0 Å². The van der Waals surface area contributed by atoms with Crippen molar-refractivity contribution in [3.05, 3.63) is 54.6 Å². The minimum Gasteiger partial charge on any atom is -0.406 e. The predicted molar refractivity (Wildman–Crippen MR) is 125 cm³/mol. The van der Waals surface area contributed by atoms with Crippen molar-refractivity contribution in [2.75, 3.05) is 43.1 Å². The lowest BCUT2D eigenvalue weighted by atomic mass is 10.1. The normalized spacial score (nSPS) is 11.3. The van der Waals surface area contributed by atoms with Crippen LogP contribution in [0.25, 0.3) is 11.3 Å². The van der Waals surface area contributed by atoms with Gasteiger partial charge in [0.1, 0.15) is 11.6 Å². The van der Waals surface area contributed by atoms with Crippen molar-refractivity contribution in [1.82, 2.24) is 14.9 Å².